The van der Waals surface area contributed by atoms with E-state index < -0.39 is 6.04 Å². The second-order valence-electron chi connectivity index (χ2n) is 5.44. The van der Waals surface area contributed by atoms with Crippen molar-refractivity contribution in [1.82, 2.24) is 14.5 Å². The fraction of sp³-hybridized carbons (Fsp3) is 0.400. The second-order valence-corrected chi connectivity index (χ2v) is 5.44. The maximum atomic E-state index is 12.2. The van der Waals surface area contributed by atoms with Crippen molar-refractivity contribution in [2.45, 2.75) is 33.2 Å². The van der Waals surface area contributed by atoms with Crippen LogP contribution < -0.4 is 11.1 Å². The number of carbonyl (C=O) groups excluding carboxylic acids is 1. The zero-order valence-electron chi connectivity index (χ0n) is 12.6. The van der Waals surface area contributed by atoms with Crippen LogP contribution in [0, 0.1) is 12.8 Å². The molecule has 0 aliphatic rings. The Balaban J connectivity index is 2.22. The van der Waals surface area contributed by atoms with E-state index in [-0.39, 0.29) is 5.91 Å². The first kappa shape index (κ1) is 15.2. The lowest BCUT2D eigenvalue weighted by molar-refractivity contribution is -0.117. The van der Waals surface area contributed by atoms with Gasteiger partial charge < -0.3 is 11.1 Å². The van der Waals surface area contributed by atoms with Crippen molar-refractivity contribution in [3.8, 4) is 5.82 Å². The number of rotatable bonds is 5. The zero-order valence-corrected chi connectivity index (χ0v) is 12.6. The number of hydrogen-bond acceptors (Lipinski definition) is 4. The van der Waals surface area contributed by atoms with Gasteiger partial charge in [0, 0.05) is 18.6 Å². The lowest BCUT2D eigenvalue weighted by Crippen LogP contribution is -2.37. The summed E-state index contributed by atoms with van der Waals surface area (Å²) in [6.07, 6.45) is 5.82. The maximum Gasteiger partial charge on any atom is 0.241 e. The van der Waals surface area contributed by atoms with Crippen molar-refractivity contribution in [2.24, 2.45) is 11.7 Å². The molecular weight excluding hydrogens is 266 g/mol. The molecule has 0 aliphatic carbocycles. The monoisotopic (exact) mass is 287 g/mol. The molecule has 6 heteroatoms. The van der Waals surface area contributed by atoms with Crippen LogP contribution in [0.1, 0.15) is 26.1 Å². The van der Waals surface area contributed by atoms with Crippen LogP contribution in [-0.4, -0.2) is 26.5 Å². The number of hydrogen-bond donors (Lipinski definition) is 2. The van der Waals surface area contributed by atoms with E-state index in [0.717, 1.165) is 5.82 Å². The largest absolute Gasteiger partial charge is 0.322 e. The molecule has 0 radical (unpaired) electrons. The van der Waals surface area contributed by atoms with Gasteiger partial charge in [-0.05, 0) is 31.4 Å². The Bertz CT molecular complexity index is 620. The number of aromatic nitrogens is 3. The van der Waals surface area contributed by atoms with Crippen LogP contribution in [0.25, 0.3) is 5.82 Å². The number of nitrogens with one attached hydrogen (secondary N) is 1. The van der Waals surface area contributed by atoms with E-state index in [1.54, 1.807) is 24.7 Å². The quantitative estimate of drug-likeness (QED) is 0.879. The highest BCUT2D eigenvalue weighted by Gasteiger charge is 2.17. The van der Waals surface area contributed by atoms with Gasteiger partial charge in [0.05, 0.1) is 11.7 Å². The molecule has 0 unspecified atom stereocenters. The van der Waals surface area contributed by atoms with Crippen LogP contribution in [0.15, 0.2) is 30.7 Å². The topological polar surface area (TPSA) is 85.8 Å². The third kappa shape index (κ3) is 3.66. The summed E-state index contributed by atoms with van der Waals surface area (Å²) >= 11 is 0. The Labute approximate surface area is 124 Å². The number of anilines is 1. The molecule has 1 amide bonds. The third-order valence-electron chi connectivity index (χ3n) is 3.16. The van der Waals surface area contributed by atoms with Crippen LogP contribution in [-0.2, 0) is 4.79 Å². The number of aryl methyl sites for hydroxylation is 1. The number of carbonyl (C=O) groups is 1. The van der Waals surface area contributed by atoms with Crippen molar-refractivity contribution in [3.63, 3.8) is 0 Å². The van der Waals surface area contributed by atoms with Crippen LogP contribution in [0.5, 0.6) is 0 Å². The highest BCUT2D eigenvalue weighted by molar-refractivity contribution is 5.96. The Kier molecular flexibility index (Phi) is 4.70. The zero-order chi connectivity index (χ0) is 15.4. The fourth-order valence-electron chi connectivity index (χ4n) is 2.13. The Morgan fingerprint density at radius 3 is 2.76 bits per heavy atom. The van der Waals surface area contributed by atoms with E-state index in [0.29, 0.717) is 23.8 Å². The average Bonchev–Trinajstić information content (AvgIpc) is 2.84. The lowest BCUT2D eigenvalue weighted by atomic mass is 10.0. The van der Waals surface area contributed by atoms with Crippen molar-refractivity contribution < 1.29 is 4.79 Å². The summed E-state index contributed by atoms with van der Waals surface area (Å²) in [5.41, 5.74) is 6.54. The van der Waals surface area contributed by atoms with Gasteiger partial charge in [0.2, 0.25) is 5.91 Å². The van der Waals surface area contributed by atoms with Gasteiger partial charge >= 0.3 is 0 Å². The van der Waals surface area contributed by atoms with Gasteiger partial charge in [-0.1, -0.05) is 13.8 Å². The number of nitrogens with two attached hydrogens (primary N) is 1. The summed E-state index contributed by atoms with van der Waals surface area (Å²) in [6, 6.07) is 3.06. The van der Waals surface area contributed by atoms with E-state index in [4.69, 9.17) is 5.73 Å². The van der Waals surface area contributed by atoms with Gasteiger partial charge in [-0.15, -0.1) is 0 Å². The Hall–Kier alpha value is -2.21. The fourth-order valence-corrected chi connectivity index (χ4v) is 2.13. The predicted octanol–water partition coefficient (Wildman–Crippen LogP) is 1.89. The van der Waals surface area contributed by atoms with Gasteiger partial charge in [-0.25, -0.2) is 9.97 Å². The molecule has 2 heterocycles. The van der Waals surface area contributed by atoms with Crippen molar-refractivity contribution in [3.05, 3.63) is 36.5 Å². The van der Waals surface area contributed by atoms with Crippen LogP contribution in [0.2, 0.25) is 0 Å². The number of amides is 1. The second kappa shape index (κ2) is 6.49. The van der Waals surface area contributed by atoms with Crippen molar-refractivity contribution in [1.29, 1.82) is 0 Å². The SMILES string of the molecule is Cc1nccn1-c1ncccc1NC(=O)[C@@H](N)CC(C)C. The summed E-state index contributed by atoms with van der Waals surface area (Å²) < 4.78 is 1.82. The summed E-state index contributed by atoms with van der Waals surface area (Å²) in [4.78, 5) is 20.7. The summed E-state index contributed by atoms with van der Waals surface area (Å²) in [6.45, 7) is 5.96. The van der Waals surface area contributed by atoms with E-state index in [2.05, 4.69) is 15.3 Å². The maximum absolute atomic E-state index is 12.2. The van der Waals surface area contributed by atoms with E-state index >= 15 is 0 Å². The molecule has 0 aliphatic heterocycles. The molecule has 1 atom stereocenters. The predicted molar refractivity (Wildman–Crippen MR) is 82.2 cm³/mol. The Morgan fingerprint density at radius 2 is 2.14 bits per heavy atom. The summed E-state index contributed by atoms with van der Waals surface area (Å²) in [5.74, 6) is 1.61. The summed E-state index contributed by atoms with van der Waals surface area (Å²) in [5, 5.41) is 2.86. The van der Waals surface area contributed by atoms with Crippen molar-refractivity contribution in [2.75, 3.05) is 5.32 Å². The van der Waals surface area contributed by atoms with Crippen LogP contribution >= 0.6 is 0 Å². The van der Waals surface area contributed by atoms with Gasteiger partial charge in [0.25, 0.3) is 0 Å². The van der Waals surface area contributed by atoms with E-state index in [1.165, 1.54) is 0 Å². The standard InChI is InChI=1S/C15H21N5O/c1-10(2)9-12(16)15(21)19-13-5-4-6-18-14(13)20-8-7-17-11(20)3/h4-8,10,12H,9,16H2,1-3H3,(H,19,21)/t12-/m0/s1. The first-order chi connectivity index (χ1) is 9.99. The molecule has 0 fully saturated rings. The van der Waals surface area contributed by atoms with Gasteiger partial charge in [-0.2, -0.15) is 0 Å². The van der Waals surface area contributed by atoms with Crippen LogP contribution in [0.3, 0.4) is 0 Å². The molecular formula is C15H21N5O. The van der Waals surface area contributed by atoms with Gasteiger partial charge in [-0.3, -0.25) is 9.36 Å². The molecule has 112 valence electrons. The molecule has 0 saturated heterocycles. The van der Waals surface area contributed by atoms with Crippen LogP contribution in [0.4, 0.5) is 5.69 Å². The smallest absolute Gasteiger partial charge is 0.241 e. The summed E-state index contributed by atoms with van der Waals surface area (Å²) in [7, 11) is 0. The lowest BCUT2D eigenvalue weighted by Gasteiger charge is -2.16. The molecule has 2 aromatic heterocycles. The van der Waals surface area contributed by atoms with Gasteiger partial charge in [0.15, 0.2) is 5.82 Å². The number of imidazole rings is 1. The number of nitrogens with zero attached hydrogens (tertiary/aromatic N) is 3. The molecule has 21 heavy (non-hydrogen) atoms. The van der Waals surface area contributed by atoms with E-state index in [9.17, 15) is 4.79 Å². The highest BCUT2D eigenvalue weighted by Crippen LogP contribution is 2.19. The molecule has 0 saturated carbocycles. The number of pyridine rings is 1. The van der Waals surface area contributed by atoms with Crippen molar-refractivity contribution >= 4 is 11.6 Å². The van der Waals surface area contributed by atoms with Gasteiger partial charge in [0.1, 0.15) is 5.82 Å². The highest BCUT2D eigenvalue weighted by atomic mass is 16.2. The molecule has 2 rings (SSSR count). The molecule has 0 spiro atoms. The Morgan fingerprint density at radius 1 is 1.38 bits per heavy atom. The molecule has 0 bridgehead atoms. The van der Waals surface area contributed by atoms with E-state index in [1.807, 2.05) is 31.4 Å². The minimum atomic E-state index is -0.526. The first-order valence-corrected chi connectivity index (χ1v) is 7.01. The third-order valence-corrected chi connectivity index (χ3v) is 3.16. The normalized spacial score (nSPS) is 12.4. The average molecular weight is 287 g/mol. The molecule has 0 aromatic carbocycles. The minimum Gasteiger partial charge on any atom is -0.322 e. The molecule has 6 nitrogen and oxygen atoms in total. The minimum absolute atomic E-state index is 0.198. The molecule has 3 N–H and O–H groups in total. The molecule has 2 aromatic rings. The first-order valence-electron chi connectivity index (χ1n) is 7.01.